The van der Waals surface area contributed by atoms with Crippen LogP contribution in [0.2, 0.25) is 0 Å². The zero-order chi connectivity index (χ0) is 17.5. The molecule has 0 saturated heterocycles. The van der Waals surface area contributed by atoms with E-state index in [9.17, 15) is 9.79 Å². The highest BCUT2D eigenvalue weighted by Gasteiger charge is 1.89. The van der Waals surface area contributed by atoms with Gasteiger partial charge in [0.25, 0.3) is 0 Å². The van der Waals surface area contributed by atoms with Gasteiger partial charge in [-0.05, 0) is 0 Å². The Kier molecular flexibility index (Phi) is 18.9. The summed E-state index contributed by atoms with van der Waals surface area (Å²) in [5.74, 6) is 0. The third-order valence-corrected chi connectivity index (χ3v) is 2.38. The van der Waals surface area contributed by atoms with Crippen LogP contribution in [0.25, 0.3) is 0 Å². The summed E-state index contributed by atoms with van der Waals surface area (Å²) >= 11 is 0. The van der Waals surface area contributed by atoms with Crippen molar-refractivity contribution in [3.8, 4) is 0 Å². The molecule has 0 atom stereocenters. The van der Waals surface area contributed by atoms with Crippen LogP contribution in [-0.4, -0.2) is 71.5 Å². The molecule has 5 heteroatoms. The first-order valence-corrected chi connectivity index (χ1v) is 9.33. The summed E-state index contributed by atoms with van der Waals surface area (Å²) in [5.41, 5.74) is 0. The molecule has 0 rings (SSSR count). The Morgan fingerprint density at radius 3 is 1.19 bits per heavy atom. The van der Waals surface area contributed by atoms with Gasteiger partial charge >= 0.3 is 0 Å². The Morgan fingerprint density at radius 2 is 0.905 bits per heavy atom. The van der Waals surface area contributed by atoms with E-state index in [1.54, 1.807) is 0 Å². The lowest BCUT2D eigenvalue weighted by Crippen LogP contribution is -2.27. The number of hydrogen-bond donors (Lipinski definition) is 0. The Bertz CT molecular complexity index is 175. The predicted octanol–water partition coefficient (Wildman–Crippen LogP) is 2.02. The quantitative estimate of drug-likeness (QED) is 0.409. The molecule has 4 nitrogen and oxygen atoms in total. The summed E-state index contributed by atoms with van der Waals surface area (Å²) in [6.07, 6.45) is 7.27. The largest absolute Gasteiger partial charge is 0.842 e. The van der Waals surface area contributed by atoms with Gasteiger partial charge in [0.05, 0.1) is 56.4 Å². The van der Waals surface area contributed by atoms with Crippen molar-refractivity contribution >= 4 is 8.38 Å². The summed E-state index contributed by atoms with van der Waals surface area (Å²) in [6.45, 7) is 2.18. The van der Waals surface area contributed by atoms with Crippen LogP contribution in [-0.2, 0) is 0 Å². The zero-order valence-corrected chi connectivity index (χ0v) is 17.0. The normalized spacial score (nSPS) is 11.4. The minimum atomic E-state index is -2.12. The SMILES string of the molecule is CCCCCCCCP([O-])[O-].C[N+](C)(C)C.C[N+](C)(C)C. The van der Waals surface area contributed by atoms with Crippen LogP contribution >= 0.6 is 8.38 Å². The van der Waals surface area contributed by atoms with E-state index in [4.69, 9.17) is 0 Å². The van der Waals surface area contributed by atoms with E-state index >= 15 is 0 Å². The fourth-order valence-corrected chi connectivity index (χ4v) is 1.50. The first-order valence-electron chi connectivity index (χ1n) is 7.97. The molecule has 0 aliphatic carbocycles. The molecule has 0 unspecified atom stereocenters. The highest BCUT2D eigenvalue weighted by molar-refractivity contribution is 7.41. The van der Waals surface area contributed by atoms with Gasteiger partial charge in [0.15, 0.2) is 0 Å². The Morgan fingerprint density at radius 1 is 0.619 bits per heavy atom. The van der Waals surface area contributed by atoms with Crippen LogP contribution in [0.15, 0.2) is 0 Å². The second kappa shape index (κ2) is 15.2. The lowest BCUT2D eigenvalue weighted by atomic mass is 10.1. The van der Waals surface area contributed by atoms with Gasteiger partial charge in [-0.15, -0.1) is 0 Å². The molecule has 0 fully saturated rings. The van der Waals surface area contributed by atoms with Gasteiger partial charge in [0.2, 0.25) is 0 Å². The fraction of sp³-hybridized carbons (Fsp3) is 1.00. The van der Waals surface area contributed by atoms with E-state index in [0.29, 0.717) is 6.16 Å². The van der Waals surface area contributed by atoms with Crippen LogP contribution in [0.4, 0.5) is 0 Å². The molecule has 0 aromatic rings. The Hall–Kier alpha value is 0.270. The monoisotopic (exact) mass is 324 g/mol. The highest BCUT2D eigenvalue weighted by Crippen LogP contribution is 2.15. The standard InChI is InChI=1S/C8H17O2P.2C4H12N/c1-2-3-4-5-6-7-8-11(9)10;2*1-5(2,3)4/h2-8H2,1H3;2*1-4H3/q-2;2*+1. The van der Waals surface area contributed by atoms with Crippen molar-refractivity contribution in [2.24, 2.45) is 0 Å². The zero-order valence-electron chi connectivity index (χ0n) is 16.1. The first kappa shape index (κ1) is 26.2. The molecule has 0 radical (unpaired) electrons. The van der Waals surface area contributed by atoms with Gasteiger partial charge in [0.1, 0.15) is 0 Å². The van der Waals surface area contributed by atoms with Gasteiger partial charge in [-0.25, -0.2) is 0 Å². The van der Waals surface area contributed by atoms with Gasteiger partial charge < -0.3 is 27.1 Å². The van der Waals surface area contributed by atoms with E-state index in [1.165, 1.54) is 25.7 Å². The molecule has 0 aromatic carbocycles. The molecular weight excluding hydrogens is 283 g/mol. The molecule has 0 heterocycles. The molecule has 0 saturated carbocycles. The molecule has 0 bridgehead atoms. The number of rotatable bonds is 7. The minimum absolute atomic E-state index is 0.376. The van der Waals surface area contributed by atoms with Crippen molar-refractivity contribution in [2.45, 2.75) is 45.4 Å². The average Bonchev–Trinajstić information content (AvgIpc) is 2.18. The topological polar surface area (TPSA) is 46.1 Å². The Balaban J connectivity index is -0.000000270. The number of hydrogen-bond acceptors (Lipinski definition) is 2. The lowest BCUT2D eigenvalue weighted by molar-refractivity contribution is -0.849. The molecule has 132 valence electrons. The van der Waals surface area contributed by atoms with Crippen LogP contribution in [0, 0.1) is 0 Å². The summed E-state index contributed by atoms with van der Waals surface area (Å²) in [7, 11) is 14.9. The van der Waals surface area contributed by atoms with Crippen molar-refractivity contribution in [2.75, 3.05) is 62.5 Å². The second-order valence-corrected chi connectivity index (χ2v) is 9.30. The summed E-state index contributed by atoms with van der Waals surface area (Å²) in [5, 5.41) is 0. The summed E-state index contributed by atoms with van der Waals surface area (Å²) in [4.78, 5) is 20.3. The van der Waals surface area contributed by atoms with Crippen molar-refractivity contribution < 1.29 is 18.8 Å². The van der Waals surface area contributed by atoms with Crippen LogP contribution in [0.1, 0.15) is 45.4 Å². The Labute approximate surface area is 135 Å². The number of quaternary nitrogens is 2. The van der Waals surface area contributed by atoms with Crippen LogP contribution in [0.5, 0.6) is 0 Å². The third-order valence-electron chi connectivity index (χ3n) is 1.69. The molecule has 0 spiro atoms. The highest BCUT2D eigenvalue weighted by atomic mass is 31.2. The third kappa shape index (κ3) is 98.9. The number of unbranched alkanes of at least 4 members (excludes halogenated alkanes) is 5. The molecule has 0 aliphatic rings. The average molecular weight is 324 g/mol. The molecule has 0 aliphatic heterocycles. The minimum Gasteiger partial charge on any atom is -0.842 e. The predicted molar refractivity (Wildman–Crippen MR) is 93.1 cm³/mol. The molecular formula is C16H41N2O2P. The molecule has 0 N–H and O–H groups in total. The van der Waals surface area contributed by atoms with Crippen molar-refractivity contribution in [1.29, 1.82) is 0 Å². The van der Waals surface area contributed by atoms with Crippen LogP contribution in [0.3, 0.4) is 0 Å². The van der Waals surface area contributed by atoms with Crippen molar-refractivity contribution in [3.05, 3.63) is 0 Å². The molecule has 0 aromatic heterocycles. The fourth-order valence-electron chi connectivity index (χ4n) is 1.02. The van der Waals surface area contributed by atoms with E-state index < -0.39 is 8.38 Å². The smallest absolute Gasteiger partial charge is 0.0675 e. The summed E-state index contributed by atoms with van der Waals surface area (Å²) in [6, 6.07) is 0. The van der Waals surface area contributed by atoms with E-state index in [1.807, 2.05) is 0 Å². The first-order chi connectivity index (χ1) is 9.27. The van der Waals surface area contributed by atoms with Crippen molar-refractivity contribution in [3.63, 3.8) is 0 Å². The van der Waals surface area contributed by atoms with Gasteiger partial charge in [-0.1, -0.05) is 51.6 Å². The van der Waals surface area contributed by atoms with Crippen LogP contribution < -0.4 is 9.79 Å². The van der Waals surface area contributed by atoms with Gasteiger partial charge in [-0.3, -0.25) is 0 Å². The maximum atomic E-state index is 10.1. The maximum absolute atomic E-state index is 10.1. The van der Waals surface area contributed by atoms with Crippen molar-refractivity contribution in [1.82, 2.24) is 0 Å². The van der Waals surface area contributed by atoms with E-state index in [2.05, 4.69) is 63.3 Å². The van der Waals surface area contributed by atoms with Gasteiger partial charge in [-0.2, -0.15) is 0 Å². The molecule has 0 amide bonds. The van der Waals surface area contributed by atoms with E-state index in [-0.39, 0.29) is 0 Å². The lowest BCUT2D eigenvalue weighted by Gasteiger charge is -2.30. The maximum Gasteiger partial charge on any atom is 0.0675 e. The van der Waals surface area contributed by atoms with E-state index in [0.717, 1.165) is 21.8 Å². The molecule has 21 heavy (non-hydrogen) atoms. The van der Waals surface area contributed by atoms with Gasteiger partial charge in [0, 0.05) is 0 Å². The number of nitrogens with zero attached hydrogens (tertiary/aromatic N) is 2. The second-order valence-electron chi connectivity index (χ2n) is 8.19. The summed E-state index contributed by atoms with van der Waals surface area (Å²) < 4.78 is 2.00.